The minimum Gasteiger partial charge on any atom is -0.313 e. The number of hydrogen-bond donors (Lipinski definition) is 1. The molecule has 0 aliphatic carbocycles. The first-order chi connectivity index (χ1) is 6.60. The van der Waals surface area contributed by atoms with Gasteiger partial charge in [-0.15, -0.1) is 0 Å². The molecule has 1 nitrogen and oxygen atoms in total. The lowest BCUT2D eigenvalue weighted by molar-refractivity contribution is 0.193. The highest BCUT2D eigenvalue weighted by Gasteiger charge is 2.35. The fourth-order valence-electron chi connectivity index (χ4n) is 2.14. The van der Waals surface area contributed by atoms with E-state index in [4.69, 9.17) is 0 Å². The molecule has 0 saturated carbocycles. The predicted octanol–water partition coefficient (Wildman–Crippen LogP) is 2.46. The monoisotopic (exact) mass is 193 g/mol. The third-order valence-corrected chi connectivity index (χ3v) is 2.84. The number of alkyl halides is 1. The molecule has 1 aromatic rings. The fourth-order valence-corrected chi connectivity index (χ4v) is 2.14. The molecule has 1 atom stereocenters. The zero-order chi connectivity index (χ0) is 10.2. The van der Waals surface area contributed by atoms with Crippen molar-refractivity contribution in [3.63, 3.8) is 0 Å². The van der Waals surface area contributed by atoms with E-state index in [-0.39, 0.29) is 0 Å². The van der Waals surface area contributed by atoms with Crippen LogP contribution in [0.25, 0.3) is 0 Å². The molecular weight excluding hydrogens is 177 g/mol. The Morgan fingerprint density at radius 1 is 1.21 bits per heavy atom. The molecule has 1 aliphatic heterocycles. The topological polar surface area (TPSA) is 12.0 Å². The van der Waals surface area contributed by atoms with Gasteiger partial charge in [0, 0.05) is 6.54 Å². The van der Waals surface area contributed by atoms with Crippen molar-refractivity contribution in [2.75, 3.05) is 13.1 Å². The van der Waals surface area contributed by atoms with E-state index in [1.54, 1.807) is 0 Å². The first-order valence-corrected chi connectivity index (χ1v) is 5.09. The van der Waals surface area contributed by atoms with Gasteiger partial charge in [-0.2, -0.15) is 0 Å². The van der Waals surface area contributed by atoms with Gasteiger partial charge in [0.25, 0.3) is 0 Å². The molecule has 1 aromatic carbocycles. The lowest BCUT2D eigenvalue weighted by Gasteiger charge is -2.19. The summed E-state index contributed by atoms with van der Waals surface area (Å²) in [6.07, 6.45) is 0.593. The average Bonchev–Trinajstić information content (AvgIpc) is 2.52. The van der Waals surface area contributed by atoms with Crippen molar-refractivity contribution in [3.8, 4) is 0 Å². The molecule has 1 saturated heterocycles. The molecule has 0 amide bonds. The third-order valence-electron chi connectivity index (χ3n) is 2.84. The standard InChI is InChI=1S/C12H16FN/c1-9-5-10(2)7-11(6-9)12(13)3-4-14-8-12/h5-7,14H,3-4,8H2,1-2H3/t12-/m0/s1. The summed E-state index contributed by atoms with van der Waals surface area (Å²) in [5.74, 6) is 0. The van der Waals surface area contributed by atoms with E-state index in [0.717, 1.165) is 23.2 Å². The highest BCUT2D eigenvalue weighted by Crippen LogP contribution is 2.33. The SMILES string of the molecule is Cc1cc(C)cc([C@]2(F)CCNC2)c1. The molecule has 0 aromatic heterocycles. The van der Waals surface area contributed by atoms with E-state index in [9.17, 15) is 4.39 Å². The molecule has 76 valence electrons. The number of nitrogens with one attached hydrogen (secondary N) is 1. The number of aryl methyl sites for hydroxylation is 2. The Labute approximate surface area is 84.3 Å². The van der Waals surface area contributed by atoms with Crippen LogP contribution in [0.15, 0.2) is 18.2 Å². The van der Waals surface area contributed by atoms with Crippen LogP contribution in [0.3, 0.4) is 0 Å². The number of halogens is 1. The smallest absolute Gasteiger partial charge is 0.149 e. The van der Waals surface area contributed by atoms with Crippen LogP contribution in [-0.2, 0) is 5.67 Å². The maximum absolute atomic E-state index is 14.3. The third kappa shape index (κ3) is 1.67. The zero-order valence-electron chi connectivity index (χ0n) is 8.73. The van der Waals surface area contributed by atoms with Crippen LogP contribution in [0.1, 0.15) is 23.1 Å². The van der Waals surface area contributed by atoms with Gasteiger partial charge in [0.1, 0.15) is 5.67 Å². The second kappa shape index (κ2) is 3.35. The van der Waals surface area contributed by atoms with Crippen molar-refractivity contribution >= 4 is 0 Å². The zero-order valence-corrected chi connectivity index (χ0v) is 8.73. The van der Waals surface area contributed by atoms with E-state index in [2.05, 4.69) is 11.4 Å². The second-order valence-electron chi connectivity index (χ2n) is 4.27. The van der Waals surface area contributed by atoms with Gasteiger partial charge >= 0.3 is 0 Å². The summed E-state index contributed by atoms with van der Waals surface area (Å²) in [4.78, 5) is 0. The molecule has 0 radical (unpaired) electrons. The van der Waals surface area contributed by atoms with Crippen molar-refractivity contribution in [1.29, 1.82) is 0 Å². The van der Waals surface area contributed by atoms with Crippen molar-refractivity contribution in [3.05, 3.63) is 34.9 Å². The average molecular weight is 193 g/mol. The van der Waals surface area contributed by atoms with Gasteiger partial charge in [0.15, 0.2) is 0 Å². The van der Waals surface area contributed by atoms with Crippen molar-refractivity contribution in [2.45, 2.75) is 25.9 Å². The molecule has 0 bridgehead atoms. The molecular formula is C12H16FN. The van der Waals surface area contributed by atoms with Crippen LogP contribution < -0.4 is 5.32 Å². The lowest BCUT2D eigenvalue weighted by atomic mass is 9.92. The number of hydrogen-bond acceptors (Lipinski definition) is 1. The minimum absolute atomic E-state index is 0.454. The van der Waals surface area contributed by atoms with Crippen LogP contribution >= 0.6 is 0 Å². The first-order valence-electron chi connectivity index (χ1n) is 5.09. The number of benzene rings is 1. The normalized spacial score (nSPS) is 26.8. The van der Waals surface area contributed by atoms with Crippen LogP contribution in [0.4, 0.5) is 4.39 Å². The summed E-state index contributed by atoms with van der Waals surface area (Å²) in [5.41, 5.74) is 1.98. The van der Waals surface area contributed by atoms with E-state index in [1.807, 2.05) is 26.0 Å². The largest absolute Gasteiger partial charge is 0.313 e. The Kier molecular flexibility index (Phi) is 2.31. The molecule has 0 unspecified atom stereocenters. The van der Waals surface area contributed by atoms with Gasteiger partial charge in [-0.3, -0.25) is 0 Å². The summed E-state index contributed by atoms with van der Waals surface area (Å²) < 4.78 is 14.3. The summed E-state index contributed by atoms with van der Waals surface area (Å²) >= 11 is 0. The van der Waals surface area contributed by atoms with Crippen LogP contribution in [0.5, 0.6) is 0 Å². The Bertz CT molecular complexity index is 320. The van der Waals surface area contributed by atoms with E-state index >= 15 is 0 Å². The number of rotatable bonds is 1. The predicted molar refractivity (Wildman–Crippen MR) is 56.2 cm³/mol. The van der Waals surface area contributed by atoms with Crippen molar-refractivity contribution < 1.29 is 4.39 Å². The van der Waals surface area contributed by atoms with Crippen molar-refractivity contribution in [2.24, 2.45) is 0 Å². The second-order valence-corrected chi connectivity index (χ2v) is 4.27. The van der Waals surface area contributed by atoms with Gasteiger partial charge in [-0.1, -0.05) is 29.3 Å². The molecule has 1 fully saturated rings. The fraction of sp³-hybridized carbons (Fsp3) is 0.500. The summed E-state index contributed by atoms with van der Waals surface area (Å²) in [6.45, 7) is 5.27. The van der Waals surface area contributed by atoms with Gasteiger partial charge in [-0.05, 0) is 32.4 Å². The van der Waals surface area contributed by atoms with E-state index in [0.29, 0.717) is 13.0 Å². The van der Waals surface area contributed by atoms with Crippen LogP contribution in [-0.4, -0.2) is 13.1 Å². The molecule has 1 heterocycles. The quantitative estimate of drug-likeness (QED) is 0.722. The highest BCUT2D eigenvalue weighted by atomic mass is 19.1. The van der Waals surface area contributed by atoms with E-state index in [1.165, 1.54) is 0 Å². The Morgan fingerprint density at radius 2 is 1.86 bits per heavy atom. The molecule has 2 heteroatoms. The molecule has 14 heavy (non-hydrogen) atoms. The Morgan fingerprint density at radius 3 is 2.36 bits per heavy atom. The summed E-state index contributed by atoms with van der Waals surface area (Å²) in [6, 6.07) is 6.00. The minimum atomic E-state index is -1.14. The van der Waals surface area contributed by atoms with Crippen LogP contribution in [0, 0.1) is 13.8 Å². The summed E-state index contributed by atoms with van der Waals surface area (Å²) in [7, 11) is 0. The molecule has 0 spiro atoms. The van der Waals surface area contributed by atoms with Gasteiger partial charge < -0.3 is 5.32 Å². The summed E-state index contributed by atoms with van der Waals surface area (Å²) in [5, 5.41) is 3.08. The first kappa shape index (κ1) is 9.66. The maximum atomic E-state index is 14.3. The van der Waals surface area contributed by atoms with Crippen LogP contribution in [0.2, 0.25) is 0 Å². The maximum Gasteiger partial charge on any atom is 0.149 e. The molecule has 2 rings (SSSR count). The van der Waals surface area contributed by atoms with Gasteiger partial charge in [0.05, 0.1) is 0 Å². The van der Waals surface area contributed by atoms with Crippen molar-refractivity contribution in [1.82, 2.24) is 5.32 Å². The highest BCUT2D eigenvalue weighted by molar-refractivity contribution is 5.33. The Hall–Kier alpha value is -0.890. The lowest BCUT2D eigenvalue weighted by Crippen LogP contribution is -2.23. The van der Waals surface area contributed by atoms with Gasteiger partial charge in [0.2, 0.25) is 0 Å². The Balaban J connectivity index is 2.40. The van der Waals surface area contributed by atoms with E-state index < -0.39 is 5.67 Å². The molecule has 1 aliphatic rings. The molecule has 1 N–H and O–H groups in total. The van der Waals surface area contributed by atoms with Gasteiger partial charge in [-0.25, -0.2) is 4.39 Å².